The lowest BCUT2D eigenvalue weighted by Gasteiger charge is -2.01. The highest BCUT2D eigenvalue weighted by atomic mass is 16.5. The normalized spacial score (nSPS) is 10.4. The van der Waals surface area contributed by atoms with Crippen LogP contribution in [0.5, 0.6) is 0 Å². The van der Waals surface area contributed by atoms with Gasteiger partial charge in [0.25, 0.3) is 5.89 Å². The molecule has 2 aromatic rings. The van der Waals surface area contributed by atoms with Gasteiger partial charge in [0, 0.05) is 0 Å². The number of nitrogen functional groups attached to an aromatic ring is 1. The van der Waals surface area contributed by atoms with Crippen molar-refractivity contribution in [1.82, 2.24) is 20.1 Å². The van der Waals surface area contributed by atoms with E-state index in [4.69, 9.17) is 10.3 Å². The van der Waals surface area contributed by atoms with E-state index in [0.29, 0.717) is 23.1 Å². The molecule has 0 saturated carbocycles. The molecule has 6 heteroatoms. The highest BCUT2D eigenvalue weighted by Gasteiger charge is 2.14. The zero-order valence-electron chi connectivity index (χ0n) is 7.85. The van der Waals surface area contributed by atoms with Crippen LogP contribution in [-0.4, -0.2) is 20.1 Å². The summed E-state index contributed by atoms with van der Waals surface area (Å²) in [6.45, 7) is 3.55. The van der Waals surface area contributed by atoms with Crippen LogP contribution in [0.4, 0.5) is 5.82 Å². The molecule has 0 aliphatic rings. The molecule has 2 heterocycles. The number of nitrogens with two attached hydrogens (primary N) is 1. The fourth-order valence-corrected chi connectivity index (χ4v) is 1.16. The van der Waals surface area contributed by atoms with Crippen LogP contribution in [0.15, 0.2) is 10.9 Å². The molecule has 2 rings (SSSR count). The van der Waals surface area contributed by atoms with Crippen molar-refractivity contribution in [3.05, 3.63) is 17.8 Å². The van der Waals surface area contributed by atoms with Gasteiger partial charge in [0.1, 0.15) is 17.7 Å². The molecule has 0 atom stereocenters. The number of nitrogens with zero attached hydrogens (tertiary/aromatic N) is 4. The largest absolute Gasteiger partial charge is 0.383 e. The van der Waals surface area contributed by atoms with E-state index in [1.54, 1.807) is 6.92 Å². The van der Waals surface area contributed by atoms with Gasteiger partial charge in [-0.3, -0.25) is 0 Å². The Labute approximate surface area is 80.2 Å². The topological polar surface area (TPSA) is 90.7 Å². The third kappa shape index (κ3) is 1.30. The number of hydrogen-bond acceptors (Lipinski definition) is 6. The third-order valence-corrected chi connectivity index (χ3v) is 1.81. The summed E-state index contributed by atoms with van der Waals surface area (Å²) in [5.41, 5.74) is 7.01. The van der Waals surface area contributed by atoms with Crippen LogP contribution in [0, 0.1) is 13.8 Å². The van der Waals surface area contributed by atoms with Gasteiger partial charge in [0.15, 0.2) is 5.82 Å². The molecule has 6 nitrogen and oxygen atoms in total. The highest BCUT2D eigenvalue weighted by Crippen LogP contribution is 2.24. The monoisotopic (exact) mass is 191 g/mol. The summed E-state index contributed by atoms with van der Waals surface area (Å²) in [5, 5.41) is 3.68. The van der Waals surface area contributed by atoms with Gasteiger partial charge in [-0.1, -0.05) is 5.16 Å². The first-order valence-corrected chi connectivity index (χ1v) is 4.06. The first kappa shape index (κ1) is 8.61. The summed E-state index contributed by atoms with van der Waals surface area (Å²) in [5.74, 6) is 1.27. The van der Waals surface area contributed by atoms with Crippen molar-refractivity contribution in [3.63, 3.8) is 0 Å². The molecule has 14 heavy (non-hydrogen) atoms. The quantitative estimate of drug-likeness (QED) is 0.714. The summed E-state index contributed by atoms with van der Waals surface area (Å²) in [7, 11) is 0. The van der Waals surface area contributed by atoms with Gasteiger partial charge in [-0.05, 0) is 13.8 Å². The lowest BCUT2D eigenvalue weighted by atomic mass is 10.2. The Balaban J connectivity index is 2.61. The van der Waals surface area contributed by atoms with E-state index >= 15 is 0 Å². The molecule has 0 bridgehead atoms. The summed E-state index contributed by atoms with van der Waals surface area (Å²) in [6, 6.07) is 0. The average molecular weight is 191 g/mol. The first-order chi connectivity index (χ1) is 6.68. The zero-order valence-corrected chi connectivity index (χ0v) is 7.85. The van der Waals surface area contributed by atoms with Gasteiger partial charge in [-0.15, -0.1) is 0 Å². The van der Waals surface area contributed by atoms with Crippen molar-refractivity contribution in [2.75, 3.05) is 5.73 Å². The van der Waals surface area contributed by atoms with Crippen LogP contribution >= 0.6 is 0 Å². The molecule has 0 spiro atoms. The standard InChI is InChI=1S/C8H9N5O/c1-4-6(7(9)11-3-10-4)8-12-5(2)13-14-8/h3H,1-2H3,(H2,9,10,11). The summed E-state index contributed by atoms with van der Waals surface area (Å²) in [4.78, 5) is 11.9. The van der Waals surface area contributed by atoms with Gasteiger partial charge in [0.05, 0.1) is 5.69 Å². The Hall–Kier alpha value is -1.98. The number of aryl methyl sites for hydroxylation is 2. The molecule has 72 valence electrons. The average Bonchev–Trinajstić information content (AvgIpc) is 2.51. The molecule has 0 amide bonds. The maximum atomic E-state index is 5.68. The fraction of sp³-hybridized carbons (Fsp3) is 0.250. The van der Waals surface area contributed by atoms with Gasteiger partial charge < -0.3 is 10.3 Å². The maximum Gasteiger partial charge on any atom is 0.263 e. The Morgan fingerprint density at radius 1 is 1.29 bits per heavy atom. The molecule has 0 radical (unpaired) electrons. The molecular formula is C8H9N5O. The van der Waals surface area contributed by atoms with Crippen LogP contribution in [0.2, 0.25) is 0 Å². The van der Waals surface area contributed by atoms with Crippen LogP contribution in [0.25, 0.3) is 11.5 Å². The molecule has 0 unspecified atom stereocenters. The van der Waals surface area contributed by atoms with Crippen LogP contribution in [0.1, 0.15) is 11.5 Å². The lowest BCUT2D eigenvalue weighted by Crippen LogP contribution is -1.98. The highest BCUT2D eigenvalue weighted by molar-refractivity contribution is 5.68. The molecule has 2 aromatic heterocycles. The first-order valence-electron chi connectivity index (χ1n) is 4.06. The van der Waals surface area contributed by atoms with Crippen molar-refractivity contribution in [2.24, 2.45) is 0 Å². The van der Waals surface area contributed by atoms with Crippen molar-refractivity contribution in [3.8, 4) is 11.5 Å². The van der Waals surface area contributed by atoms with Crippen molar-refractivity contribution >= 4 is 5.82 Å². The van der Waals surface area contributed by atoms with E-state index < -0.39 is 0 Å². The smallest absolute Gasteiger partial charge is 0.263 e. The van der Waals surface area contributed by atoms with Gasteiger partial charge in [-0.2, -0.15) is 4.98 Å². The van der Waals surface area contributed by atoms with Gasteiger partial charge >= 0.3 is 0 Å². The Morgan fingerprint density at radius 3 is 2.64 bits per heavy atom. The van der Waals surface area contributed by atoms with Crippen molar-refractivity contribution in [2.45, 2.75) is 13.8 Å². The predicted molar refractivity (Wildman–Crippen MR) is 49.2 cm³/mol. The molecule has 0 aromatic carbocycles. The van der Waals surface area contributed by atoms with Crippen LogP contribution in [-0.2, 0) is 0 Å². The Kier molecular flexibility index (Phi) is 1.88. The van der Waals surface area contributed by atoms with Crippen molar-refractivity contribution in [1.29, 1.82) is 0 Å². The Morgan fingerprint density at radius 2 is 2.07 bits per heavy atom. The van der Waals surface area contributed by atoms with E-state index in [1.807, 2.05) is 6.92 Å². The predicted octanol–water partition coefficient (Wildman–Crippen LogP) is 0.726. The summed E-state index contributed by atoms with van der Waals surface area (Å²) in [6.07, 6.45) is 1.40. The molecule has 0 aliphatic carbocycles. The number of hydrogen-bond donors (Lipinski definition) is 1. The molecule has 0 aliphatic heterocycles. The molecular weight excluding hydrogens is 182 g/mol. The van der Waals surface area contributed by atoms with Crippen molar-refractivity contribution < 1.29 is 4.52 Å². The molecule has 2 N–H and O–H groups in total. The van der Waals surface area contributed by atoms with Crippen LogP contribution in [0.3, 0.4) is 0 Å². The summed E-state index contributed by atoms with van der Waals surface area (Å²) >= 11 is 0. The minimum Gasteiger partial charge on any atom is -0.383 e. The second kappa shape index (κ2) is 3.06. The lowest BCUT2D eigenvalue weighted by molar-refractivity contribution is 0.425. The zero-order chi connectivity index (χ0) is 10.1. The maximum absolute atomic E-state index is 5.68. The van der Waals surface area contributed by atoms with E-state index in [9.17, 15) is 0 Å². The Bertz CT molecular complexity index is 444. The van der Waals surface area contributed by atoms with Gasteiger partial charge in [-0.25, -0.2) is 9.97 Å². The third-order valence-electron chi connectivity index (χ3n) is 1.81. The molecule has 0 fully saturated rings. The number of rotatable bonds is 1. The minimum atomic E-state index is 0.348. The molecule has 0 saturated heterocycles. The SMILES string of the molecule is Cc1noc(-c2c(C)ncnc2N)n1. The number of aromatic nitrogens is 4. The van der Waals surface area contributed by atoms with E-state index in [1.165, 1.54) is 6.33 Å². The second-order valence-electron chi connectivity index (χ2n) is 2.87. The van der Waals surface area contributed by atoms with E-state index in [2.05, 4.69) is 20.1 Å². The van der Waals surface area contributed by atoms with Crippen LogP contribution < -0.4 is 5.73 Å². The van der Waals surface area contributed by atoms with Gasteiger partial charge in [0.2, 0.25) is 0 Å². The second-order valence-corrected chi connectivity index (χ2v) is 2.87. The fourth-order valence-electron chi connectivity index (χ4n) is 1.16. The number of anilines is 1. The minimum absolute atomic E-state index is 0.348. The van der Waals surface area contributed by atoms with E-state index in [0.717, 1.165) is 5.69 Å². The van der Waals surface area contributed by atoms with E-state index in [-0.39, 0.29) is 0 Å². The summed E-state index contributed by atoms with van der Waals surface area (Å²) < 4.78 is 4.99.